The highest BCUT2D eigenvalue weighted by atomic mass is 32.1. The molecule has 0 radical (unpaired) electrons. The van der Waals surface area contributed by atoms with Gasteiger partial charge in [0.2, 0.25) is 5.91 Å². The number of amides is 2. The highest BCUT2D eigenvalue weighted by Crippen LogP contribution is 2.34. The van der Waals surface area contributed by atoms with Gasteiger partial charge >= 0.3 is 0 Å². The van der Waals surface area contributed by atoms with E-state index in [1.54, 1.807) is 18.3 Å². The maximum atomic E-state index is 13.3. The lowest BCUT2D eigenvalue weighted by Crippen LogP contribution is -2.43. The SMILES string of the molecule is CC(=O)N1CCCCC[C@H]1Cc1c(C(=O)NC2CCN(C)CC2)sc2ccccc12. The van der Waals surface area contributed by atoms with Gasteiger partial charge in [-0.1, -0.05) is 31.0 Å². The summed E-state index contributed by atoms with van der Waals surface area (Å²) in [5.74, 6) is 0.211. The summed E-state index contributed by atoms with van der Waals surface area (Å²) in [7, 11) is 2.13. The first kappa shape index (κ1) is 21.3. The van der Waals surface area contributed by atoms with Crippen LogP contribution in [-0.2, 0) is 11.2 Å². The van der Waals surface area contributed by atoms with E-state index >= 15 is 0 Å². The van der Waals surface area contributed by atoms with E-state index in [9.17, 15) is 9.59 Å². The molecule has 30 heavy (non-hydrogen) atoms. The first-order valence-corrected chi connectivity index (χ1v) is 12.1. The molecule has 0 spiro atoms. The van der Waals surface area contributed by atoms with Crippen LogP contribution in [-0.4, -0.2) is 60.4 Å². The standard InChI is InChI=1S/C24H33N3O2S/c1-17(28)27-13-7-3-4-8-19(27)16-21-20-9-5-6-10-22(20)30-23(21)24(29)25-18-11-14-26(2)15-12-18/h5-6,9-10,18-19H,3-4,7-8,11-16H2,1-2H3,(H,25,29)/t19-/m0/s1. The average Bonchev–Trinajstić information content (AvgIpc) is 2.93. The van der Waals surface area contributed by atoms with E-state index in [0.717, 1.165) is 73.3 Å². The normalized spacial score (nSPS) is 21.5. The molecule has 5 nitrogen and oxygen atoms in total. The van der Waals surface area contributed by atoms with E-state index in [1.807, 2.05) is 17.0 Å². The van der Waals surface area contributed by atoms with Crippen LogP contribution in [0.1, 0.15) is 60.7 Å². The molecule has 3 heterocycles. The van der Waals surface area contributed by atoms with Gasteiger partial charge in [-0.15, -0.1) is 11.3 Å². The van der Waals surface area contributed by atoms with Crippen LogP contribution in [0.4, 0.5) is 0 Å². The molecule has 162 valence electrons. The number of hydrogen-bond acceptors (Lipinski definition) is 4. The molecular weight excluding hydrogens is 394 g/mol. The molecule has 2 aliphatic heterocycles. The predicted octanol–water partition coefficient (Wildman–Crippen LogP) is 4.06. The van der Waals surface area contributed by atoms with Crippen LogP contribution >= 0.6 is 11.3 Å². The minimum absolute atomic E-state index is 0.0590. The highest BCUT2D eigenvalue weighted by molar-refractivity contribution is 7.21. The van der Waals surface area contributed by atoms with E-state index in [1.165, 1.54) is 11.8 Å². The molecule has 2 aromatic rings. The third kappa shape index (κ3) is 4.70. The molecule has 1 N–H and O–H groups in total. The lowest BCUT2D eigenvalue weighted by Gasteiger charge is -2.30. The Balaban J connectivity index is 1.61. The molecule has 2 amide bonds. The number of nitrogens with zero attached hydrogens (tertiary/aromatic N) is 2. The zero-order valence-corrected chi connectivity index (χ0v) is 19.0. The zero-order chi connectivity index (χ0) is 21.1. The van der Waals surface area contributed by atoms with Crippen molar-refractivity contribution in [2.45, 2.75) is 64.0 Å². The van der Waals surface area contributed by atoms with Crippen molar-refractivity contribution in [3.8, 4) is 0 Å². The van der Waals surface area contributed by atoms with Crippen LogP contribution in [0.2, 0.25) is 0 Å². The number of thiophene rings is 1. The van der Waals surface area contributed by atoms with Crippen LogP contribution in [0.3, 0.4) is 0 Å². The summed E-state index contributed by atoms with van der Waals surface area (Å²) in [5, 5.41) is 4.48. The summed E-state index contributed by atoms with van der Waals surface area (Å²) in [6.45, 7) is 4.57. The number of fused-ring (bicyclic) bond motifs is 1. The van der Waals surface area contributed by atoms with Crippen LogP contribution in [0, 0.1) is 0 Å². The van der Waals surface area contributed by atoms with Gasteiger partial charge in [0.15, 0.2) is 0 Å². The first-order chi connectivity index (χ1) is 14.5. The molecule has 1 aromatic carbocycles. The van der Waals surface area contributed by atoms with Crippen molar-refractivity contribution in [2.75, 3.05) is 26.7 Å². The van der Waals surface area contributed by atoms with Crippen molar-refractivity contribution in [1.82, 2.24) is 15.1 Å². The molecular formula is C24H33N3O2S. The topological polar surface area (TPSA) is 52.7 Å². The number of likely N-dealkylation sites (tertiary alicyclic amines) is 2. The molecule has 6 heteroatoms. The fourth-order valence-electron chi connectivity index (χ4n) is 4.93. The Labute approximate surface area is 183 Å². The van der Waals surface area contributed by atoms with Crippen molar-refractivity contribution in [2.24, 2.45) is 0 Å². The molecule has 0 bridgehead atoms. The molecule has 0 unspecified atom stereocenters. The Kier molecular flexibility index (Phi) is 6.74. The number of piperidine rings is 1. The third-order valence-corrected chi connectivity index (χ3v) is 7.89. The third-order valence-electron chi connectivity index (χ3n) is 6.68. The summed E-state index contributed by atoms with van der Waals surface area (Å²) in [4.78, 5) is 30.8. The smallest absolute Gasteiger partial charge is 0.261 e. The predicted molar refractivity (Wildman–Crippen MR) is 123 cm³/mol. The van der Waals surface area contributed by atoms with Gasteiger partial charge in [0.25, 0.3) is 5.91 Å². The second-order valence-corrected chi connectivity index (χ2v) is 9.93. The first-order valence-electron chi connectivity index (χ1n) is 11.3. The number of benzene rings is 1. The second-order valence-electron chi connectivity index (χ2n) is 8.88. The number of carbonyl (C=O) groups is 2. The van der Waals surface area contributed by atoms with E-state index in [4.69, 9.17) is 0 Å². The molecule has 1 aromatic heterocycles. The van der Waals surface area contributed by atoms with Gasteiger partial charge in [-0.25, -0.2) is 0 Å². The maximum absolute atomic E-state index is 13.3. The van der Waals surface area contributed by atoms with Gasteiger partial charge in [0, 0.05) is 30.3 Å². The van der Waals surface area contributed by atoms with Crippen molar-refractivity contribution in [3.63, 3.8) is 0 Å². The van der Waals surface area contributed by atoms with Crippen LogP contribution in [0.25, 0.3) is 10.1 Å². The Morgan fingerprint density at radius 3 is 2.60 bits per heavy atom. The maximum Gasteiger partial charge on any atom is 0.261 e. The summed E-state index contributed by atoms with van der Waals surface area (Å²) in [5.41, 5.74) is 1.12. The van der Waals surface area contributed by atoms with E-state index in [0.29, 0.717) is 0 Å². The van der Waals surface area contributed by atoms with Crippen molar-refractivity contribution < 1.29 is 9.59 Å². The molecule has 2 fully saturated rings. The molecule has 1 atom stereocenters. The Morgan fingerprint density at radius 1 is 1.07 bits per heavy atom. The number of hydrogen-bond donors (Lipinski definition) is 1. The number of nitrogens with one attached hydrogen (secondary N) is 1. The summed E-state index contributed by atoms with van der Waals surface area (Å²) in [6, 6.07) is 8.74. The average molecular weight is 428 g/mol. The monoisotopic (exact) mass is 427 g/mol. The van der Waals surface area contributed by atoms with Gasteiger partial charge in [-0.3, -0.25) is 9.59 Å². The van der Waals surface area contributed by atoms with Crippen molar-refractivity contribution in [1.29, 1.82) is 0 Å². The highest BCUT2D eigenvalue weighted by Gasteiger charge is 2.28. The van der Waals surface area contributed by atoms with Crippen molar-refractivity contribution >= 4 is 33.2 Å². The van der Waals surface area contributed by atoms with Gasteiger partial charge in [-0.05, 0) is 69.3 Å². The minimum atomic E-state index is 0.0590. The summed E-state index contributed by atoms with van der Waals surface area (Å²) in [6.07, 6.45) is 7.18. The molecule has 2 aliphatic rings. The van der Waals surface area contributed by atoms with E-state index in [-0.39, 0.29) is 23.9 Å². The van der Waals surface area contributed by atoms with Crippen molar-refractivity contribution in [3.05, 3.63) is 34.7 Å². The number of carbonyl (C=O) groups excluding carboxylic acids is 2. The van der Waals surface area contributed by atoms with Gasteiger partial charge < -0.3 is 15.1 Å². The largest absolute Gasteiger partial charge is 0.349 e. The molecule has 0 saturated carbocycles. The summed E-state index contributed by atoms with van der Waals surface area (Å²) >= 11 is 1.60. The Bertz CT molecular complexity index is 901. The fourth-order valence-corrected chi connectivity index (χ4v) is 6.06. The molecule has 4 rings (SSSR count). The number of rotatable bonds is 4. The second kappa shape index (κ2) is 9.48. The van der Waals surface area contributed by atoms with Gasteiger partial charge in [0.1, 0.15) is 0 Å². The lowest BCUT2D eigenvalue weighted by molar-refractivity contribution is -0.131. The van der Waals surface area contributed by atoms with Crippen LogP contribution in [0.15, 0.2) is 24.3 Å². The van der Waals surface area contributed by atoms with Gasteiger partial charge in [-0.2, -0.15) is 0 Å². The Hall–Kier alpha value is -1.92. The molecule has 0 aliphatic carbocycles. The quantitative estimate of drug-likeness (QED) is 0.801. The fraction of sp³-hybridized carbons (Fsp3) is 0.583. The van der Waals surface area contributed by atoms with Crippen LogP contribution < -0.4 is 5.32 Å². The van der Waals surface area contributed by atoms with Crippen LogP contribution in [0.5, 0.6) is 0 Å². The minimum Gasteiger partial charge on any atom is -0.349 e. The van der Waals surface area contributed by atoms with E-state index < -0.39 is 0 Å². The zero-order valence-electron chi connectivity index (χ0n) is 18.2. The lowest BCUT2D eigenvalue weighted by atomic mass is 9.97. The Morgan fingerprint density at radius 2 is 1.83 bits per heavy atom. The molecule has 2 saturated heterocycles. The van der Waals surface area contributed by atoms with E-state index in [2.05, 4.69) is 29.4 Å². The van der Waals surface area contributed by atoms with Gasteiger partial charge in [0.05, 0.1) is 4.88 Å². The summed E-state index contributed by atoms with van der Waals surface area (Å²) < 4.78 is 1.16.